The number of nitrogens with zero attached hydrogens (tertiary/aromatic N) is 6. The van der Waals surface area contributed by atoms with Crippen LogP contribution in [0.3, 0.4) is 0 Å². The van der Waals surface area contributed by atoms with E-state index in [1.807, 2.05) is 6.07 Å². The highest BCUT2D eigenvalue weighted by atomic mass is 32.1. The van der Waals surface area contributed by atoms with Crippen LogP contribution in [0.2, 0.25) is 0 Å². The monoisotopic (exact) mass is 504 g/mol. The molecule has 0 unspecified atom stereocenters. The van der Waals surface area contributed by atoms with Crippen molar-refractivity contribution in [1.29, 1.82) is 0 Å². The van der Waals surface area contributed by atoms with E-state index in [-0.39, 0.29) is 36.0 Å². The van der Waals surface area contributed by atoms with E-state index in [1.165, 1.54) is 22.7 Å². The number of carbonyl (C=O) groups excluding carboxylic acids is 2. The number of rotatable bonds is 8. The molecule has 2 aromatic heterocycles. The molecule has 0 aliphatic carbocycles. The molecule has 0 saturated carbocycles. The van der Waals surface area contributed by atoms with Crippen molar-refractivity contribution in [2.24, 2.45) is 0 Å². The van der Waals surface area contributed by atoms with Crippen LogP contribution in [-0.4, -0.2) is 56.0 Å². The molecule has 0 spiro atoms. The number of carbonyl (C=O) groups is 2. The molecule has 3 aromatic rings. The quantitative estimate of drug-likeness (QED) is 0.368. The maximum Gasteiger partial charge on any atom is 0.240 e. The molecule has 186 valence electrons. The fourth-order valence-electron chi connectivity index (χ4n) is 4.42. The molecule has 0 aliphatic rings. The number of hydrogen-bond acceptors (Lipinski definition) is 8. The van der Waals surface area contributed by atoms with Gasteiger partial charge in [0, 0.05) is 38.0 Å². The zero-order chi connectivity index (χ0) is 25.5. The Morgan fingerprint density at radius 1 is 0.647 bits per heavy atom. The van der Waals surface area contributed by atoms with Crippen molar-refractivity contribution in [2.45, 2.75) is 93.4 Å². The van der Waals surface area contributed by atoms with E-state index in [1.54, 1.807) is 23.9 Å². The fourth-order valence-corrected chi connectivity index (χ4v) is 6.56. The summed E-state index contributed by atoms with van der Waals surface area (Å²) in [4.78, 5) is 34.8. The van der Waals surface area contributed by atoms with Crippen LogP contribution in [0.15, 0.2) is 12.1 Å². The third-order valence-electron chi connectivity index (χ3n) is 5.41. The van der Waals surface area contributed by atoms with Gasteiger partial charge in [-0.3, -0.25) is 9.59 Å². The van der Waals surface area contributed by atoms with Crippen molar-refractivity contribution in [3.8, 4) is 0 Å². The minimum atomic E-state index is -0.0664. The van der Waals surface area contributed by atoms with E-state index in [4.69, 9.17) is 9.97 Å². The van der Waals surface area contributed by atoms with E-state index in [9.17, 15) is 9.59 Å². The Morgan fingerprint density at radius 2 is 0.971 bits per heavy atom. The van der Waals surface area contributed by atoms with Gasteiger partial charge in [0.1, 0.15) is 0 Å². The van der Waals surface area contributed by atoms with Gasteiger partial charge in [-0.05, 0) is 67.5 Å². The van der Waals surface area contributed by atoms with Gasteiger partial charge < -0.3 is 0 Å². The van der Waals surface area contributed by atoms with Gasteiger partial charge in [-0.2, -0.15) is 0 Å². The lowest BCUT2D eigenvalue weighted by Crippen LogP contribution is -2.53. The third-order valence-corrected chi connectivity index (χ3v) is 7.40. The topological polar surface area (TPSA) is 72.9 Å². The van der Waals surface area contributed by atoms with Gasteiger partial charge in [-0.15, -0.1) is 0 Å². The lowest BCUT2D eigenvalue weighted by molar-refractivity contribution is -0.121. The van der Waals surface area contributed by atoms with Gasteiger partial charge in [-0.25, -0.2) is 30.0 Å². The van der Waals surface area contributed by atoms with Crippen LogP contribution in [-0.2, 0) is 9.59 Å². The molecular weight excluding hydrogens is 468 g/mol. The van der Waals surface area contributed by atoms with Gasteiger partial charge >= 0.3 is 0 Å². The molecule has 0 bridgehead atoms. The summed E-state index contributed by atoms with van der Waals surface area (Å²) >= 11 is 2.98. The molecule has 2 amide bonds. The van der Waals surface area contributed by atoms with Gasteiger partial charge in [0.15, 0.2) is 0 Å². The zero-order valence-electron chi connectivity index (χ0n) is 21.8. The Bertz CT molecular complexity index is 1030. The summed E-state index contributed by atoms with van der Waals surface area (Å²) in [6.45, 7) is 19.7. The summed E-state index contributed by atoms with van der Waals surface area (Å²) in [7, 11) is 0. The first-order valence-electron chi connectivity index (χ1n) is 11.7. The van der Waals surface area contributed by atoms with Crippen LogP contribution in [0, 0.1) is 0 Å². The Labute approximate surface area is 210 Å². The molecule has 3 rings (SSSR count). The largest absolute Gasteiger partial charge is 0.273 e. The zero-order valence-corrected chi connectivity index (χ0v) is 23.4. The number of thiazole rings is 2. The van der Waals surface area contributed by atoms with Crippen LogP contribution in [0.4, 0.5) is 10.3 Å². The smallest absolute Gasteiger partial charge is 0.240 e. The summed E-state index contributed by atoms with van der Waals surface area (Å²) in [6, 6.07) is 4.59. The summed E-state index contributed by atoms with van der Waals surface area (Å²) in [5.41, 5.74) is 1.59. The van der Waals surface area contributed by atoms with Gasteiger partial charge in [0.25, 0.3) is 0 Å². The Kier molecular flexibility index (Phi) is 7.96. The highest BCUT2D eigenvalue weighted by Crippen LogP contribution is 2.38. The maximum atomic E-state index is 12.6. The SMILES string of the molecule is CC(=O)N(c1nc2cc3nc(N(C(C)=O)N(C(C)C)C(C)C)sc3cc2s1)N(C(C)C)C(C)C. The second-order valence-corrected chi connectivity index (χ2v) is 11.6. The van der Waals surface area contributed by atoms with Crippen LogP contribution >= 0.6 is 22.7 Å². The van der Waals surface area contributed by atoms with Crippen LogP contribution in [0.5, 0.6) is 0 Å². The van der Waals surface area contributed by atoms with E-state index in [0.717, 1.165) is 20.4 Å². The summed E-state index contributed by atoms with van der Waals surface area (Å²) in [5.74, 6) is -0.133. The minimum absolute atomic E-state index is 0.0664. The lowest BCUT2D eigenvalue weighted by Gasteiger charge is -2.38. The van der Waals surface area contributed by atoms with Crippen molar-refractivity contribution in [1.82, 2.24) is 20.0 Å². The lowest BCUT2D eigenvalue weighted by atomic mass is 10.3. The predicted octanol–water partition coefficient (Wildman–Crippen LogP) is 5.68. The van der Waals surface area contributed by atoms with Gasteiger partial charge in [0.05, 0.1) is 20.4 Å². The Balaban J connectivity index is 2.09. The fraction of sp³-hybridized carbons (Fsp3) is 0.583. The van der Waals surface area contributed by atoms with Crippen molar-refractivity contribution in [3.05, 3.63) is 12.1 Å². The van der Waals surface area contributed by atoms with Crippen LogP contribution in [0.25, 0.3) is 20.4 Å². The maximum absolute atomic E-state index is 12.6. The number of hydrazine groups is 2. The van der Waals surface area contributed by atoms with Crippen molar-refractivity contribution >= 4 is 65.2 Å². The van der Waals surface area contributed by atoms with Crippen molar-refractivity contribution in [3.63, 3.8) is 0 Å². The van der Waals surface area contributed by atoms with E-state index < -0.39 is 0 Å². The normalized spacial score (nSPS) is 12.5. The number of fused-ring (bicyclic) bond motifs is 2. The van der Waals surface area contributed by atoms with Crippen molar-refractivity contribution in [2.75, 3.05) is 10.0 Å². The van der Waals surface area contributed by atoms with E-state index in [2.05, 4.69) is 71.5 Å². The molecule has 2 heterocycles. The van der Waals surface area contributed by atoms with E-state index in [0.29, 0.717) is 10.3 Å². The highest BCUT2D eigenvalue weighted by Gasteiger charge is 2.30. The van der Waals surface area contributed by atoms with Gasteiger partial charge in [-0.1, -0.05) is 22.7 Å². The first-order chi connectivity index (χ1) is 15.8. The van der Waals surface area contributed by atoms with Gasteiger partial charge in [0.2, 0.25) is 22.1 Å². The molecule has 0 fully saturated rings. The number of benzene rings is 1. The highest BCUT2D eigenvalue weighted by molar-refractivity contribution is 7.24. The first kappa shape index (κ1) is 26.5. The first-order valence-corrected chi connectivity index (χ1v) is 13.4. The van der Waals surface area contributed by atoms with Crippen LogP contribution in [0.1, 0.15) is 69.2 Å². The summed E-state index contributed by atoms with van der Waals surface area (Å²) in [5, 5.41) is 8.78. The Hall–Kier alpha value is -2.14. The molecule has 0 saturated heterocycles. The summed E-state index contributed by atoms with van der Waals surface area (Å²) < 4.78 is 1.96. The molecule has 0 atom stereocenters. The molecule has 8 nitrogen and oxygen atoms in total. The minimum Gasteiger partial charge on any atom is -0.273 e. The van der Waals surface area contributed by atoms with Crippen molar-refractivity contribution < 1.29 is 9.59 Å². The molecule has 34 heavy (non-hydrogen) atoms. The third kappa shape index (κ3) is 5.10. The molecule has 1 aromatic carbocycles. The van der Waals surface area contributed by atoms with Crippen LogP contribution < -0.4 is 10.0 Å². The number of amides is 2. The predicted molar refractivity (Wildman–Crippen MR) is 143 cm³/mol. The van der Waals surface area contributed by atoms with E-state index >= 15 is 0 Å². The second-order valence-electron chi connectivity index (χ2n) is 9.58. The Morgan fingerprint density at radius 3 is 1.24 bits per heavy atom. The number of hydrogen-bond donors (Lipinski definition) is 0. The standard InChI is InChI=1S/C24H36N6O2S2/c1-13(2)27(14(3)4)29(17(9)31)23-25-19-11-20-22(12-21(19)33-23)34-24(26-20)30(18(10)32)28(15(5)6)16(7)8/h11-16H,1-10H3. The number of anilines is 2. The second kappa shape index (κ2) is 10.2. The molecule has 0 N–H and O–H groups in total. The average molecular weight is 505 g/mol. The average Bonchev–Trinajstić information content (AvgIpc) is 3.28. The molecule has 10 heteroatoms. The summed E-state index contributed by atoms with van der Waals surface area (Å²) in [6.07, 6.45) is 0. The molecule has 0 aliphatic heterocycles. The molecule has 0 radical (unpaired) electrons. The molecular formula is C24H36N6O2S2. The number of aromatic nitrogens is 2.